The number of Topliss-reactive ketones (excluding diaryl/α,β-unsaturated/α-hetero) is 1. The Kier molecular flexibility index (Phi) is 4.78. The van der Waals surface area contributed by atoms with E-state index in [2.05, 4.69) is 5.32 Å². The van der Waals surface area contributed by atoms with Crippen molar-refractivity contribution in [3.63, 3.8) is 0 Å². The molecule has 7 heteroatoms. The van der Waals surface area contributed by atoms with Crippen molar-refractivity contribution in [1.29, 1.82) is 0 Å². The number of amides is 1. The quantitative estimate of drug-likeness (QED) is 0.848. The van der Waals surface area contributed by atoms with Crippen molar-refractivity contribution in [3.8, 4) is 17.2 Å². The highest BCUT2D eigenvalue weighted by Crippen LogP contribution is 2.40. The number of hydrogen-bond donors (Lipinski definition) is 2. The van der Waals surface area contributed by atoms with Gasteiger partial charge in [0, 0.05) is 22.8 Å². The molecule has 1 amide bonds. The van der Waals surface area contributed by atoms with E-state index in [0.717, 1.165) is 0 Å². The zero-order valence-corrected chi connectivity index (χ0v) is 15.1. The lowest BCUT2D eigenvalue weighted by molar-refractivity contribution is -0.118. The van der Waals surface area contributed by atoms with Crippen molar-refractivity contribution >= 4 is 29.0 Å². The van der Waals surface area contributed by atoms with Gasteiger partial charge in [-0.05, 0) is 32.0 Å². The lowest BCUT2D eigenvalue weighted by Gasteiger charge is -2.32. The molecule has 0 atom stereocenters. The fraction of sp³-hybridized carbons (Fsp3) is 0.263. The van der Waals surface area contributed by atoms with Crippen LogP contribution in [0.5, 0.6) is 17.2 Å². The van der Waals surface area contributed by atoms with Crippen LogP contribution in [-0.2, 0) is 4.79 Å². The van der Waals surface area contributed by atoms with Crippen LogP contribution in [0.25, 0.3) is 0 Å². The van der Waals surface area contributed by atoms with Crippen LogP contribution < -0.4 is 14.8 Å². The normalized spacial score (nSPS) is 15.0. The number of carbonyl (C=O) groups excluding carboxylic acids is 2. The second-order valence-electron chi connectivity index (χ2n) is 6.62. The van der Waals surface area contributed by atoms with Gasteiger partial charge < -0.3 is 19.9 Å². The highest BCUT2D eigenvalue weighted by atomic mass is 35.5. The zero-order valence-electron chi connectivity index (χ0n) is 14.3. The van der Waals surface area contributed by atoms with E-state index < -0.39 is 5.60 Å². The van der Waals surface area contributed by atoms with Gasteiger partial charge in [-0.2, -0.15) is 0 Å². The number of ether oxygens (including phenoxy) is 2. The number of rotatable bonds is 4. The first-order valence-electron chi connectivity index (χ1n) is 8.01. The number of phenolic OH excluding ortho intramolecular Hbond substituents is 1. The lowest BCUT2D eigenvalue weighted by atomic mass is 9.92. The Morgan fingerprint density at radius 3 is 2.85 bits per heavy atom. The van der Waals surface area contributed by atoms with Crippen LogP contribution in [-0.4, -0.2) is 29.0 Å². The second kappa shape index (κ2) is 6.88. The average molecular weight is 376 g/mol. The molecule has 1 heterocycles. The minimum absolute atomic E-state index is 0.139. The Bertz CT molecular complexity index is 878. The lowest BCUT2D eigenvalue weighted by Crippen LogP contribution is -2.35. The van der Waals surface area contributed by atoms with Crippen LogP contribution in [0.3, 0.4) is 0 Å². The number of carbonyl (C=O) groups is 2. The third-order valence-electron chi connectivity index (χ3n) is 3.78. The number of ketones is 1. The molecule has 0 spiro atoms. The smallest absolute Gasteiger partial charge is 0.262 e. The molecule has 2 aromatic carbocycles. The van der Waals surface area contributed by atoms with E-state index in [-0.39, 0.29) is 47.5 Å². The molecule has 1 aliphatic heterocycles. The number of fused-ring (bicyclic) bond motifs is 1. The molecule has 1 aliphatic rings. The Morgan fingerprint density at radius 2 is 2.12 bits per heavy atom. The second-order valence-corrected chi connectivity index (χ2v) is 7.06. The molecule has 6 nitrogen and oxygen atoms in total. The predicted octanol–water partition coefficient (Wildman–Crippen LogP) is 3.81. The number of aromatic hydroxyl groups is 1. The Labute approximate surface area is 155 Å². The Morgan fingerprint density at radius 1 is 1.35 bits per heavy atom. The fourth-order valence-electron chi connectivity index (χ4n) is 2.74. The van der Waals surface area contributed by atoms with Gasteiger partial charge in [0.1, 0.15) is 28.4 Å². The largest absolute Gasteiger partial charge is 0.507 e. The summed E-state index contributed by atoms with van der Waals surface area (Å²) < 4.78 is 11.2. The molecule has 0 bridgehead atoms. The van der Waals surface area contributed by atoms with Crippen molar-refractivity contribution in [1.82, 2.24) is 0 Å². The van der Waals surface area contributed by atoms with Crippen molar-refractivity contribution in [2.75, 3.05) is 11.9 Å². The van der Waals surface area contributed by atoms with Crippen molar-refractivity contribution in [2.45, 2.75) is 25.9 Å². The van der Waals surface area contributed by atoms with E-state index in [4.69, 9.17) is 21.1 Å². The van der Waals surface area contributed by atoms with Gasteiger partial charge in [0.15, 0.2) is 12.4 Å². The van der Waals surface area contributed by atoms with Gasteiger partial charge in [0.2, 0.25) is 0 Å². The van der Waals surface area contributed by atoms with Crippen LogP contribution in [0.1, 0.15) is 30.6 Å². The van der Waals surface area contributed by atoms with Crippen LogP contribution in [0.15, 0.2) is 36.4 Å². The SMILES string of the molecule is CC1(C)CC(=O)c2c(O)cc(OCC(=O)Nc3cccc(Cl)c3)cc2O1. The van der Waals surface area contributed by atoms with Crippen molar-refractivity contribution < 1.29 is 24.2 Å². The fourth-order valence-corrected chi connectivity index (χ4v) is 2.93. The van der Waals surface area contributed by atoms with Gasteiger partial charge in [-0.25, -0.2) is 0 Å². The van der Waals surface area contributed by atoms with Crippen LogP contribution >= 0.6 is 11.6 Å². The van der Waals surface area contributed by atoms with Gasteiger partial charge in [0.05, 0.1) is 6.42 Å². The molecule has 0 aliphatic carbocycles. The molecular formula is C19H18ClNO5. The van der Waals surface area contributed by atoms with Gasteiger partial charge in [0.25, 0.3) is 5.91 Å². The molecule has 136 valence electrons. The highest BCUT2D eigenvalue weighted by Gasteiger charge is 2.34. The molecule has 0 unspecified atom stereocenters. The summed E-state index contributed by atoms with van der Waals surface area (Å²) in [6, 6.07) is 9.54. The number of benzene rings is 2. The third kappa shape index (κ3) is 4.08. The first-order chi connectivity index (χ1) is 12.2. The minimum atomic E-state index is -0.668. The Balaban J connectivity index is 1.70. The van der Waals surface area contributed by atoms with Crippen molar-refractivity contribution in [2.24, 2.45) is 0 Å². The van der Waals surface area contributed by atoms with Gasteiger partial charge in [-0.15, -0.1) is 0 Å². The molecular weight excluding hydrogens is 358 g/mol. The molecule has 2 aromatic rings. The van der Waals surface area contributed by atoms with Crippen LogP contribution in [0, 0.1) is 0 Å². The topological polar surface area (TPSA) is 84.9 Å². The standard InChI is InChI=1S/C19H18ClNO5/c1-19(2)9-15(23)18-14(22)7-13(8-16(18)26-19)25-10-17(24)21-12-5-3-4-11(20)6-12/h3-8,22H,9-10H2,1-2H3,(H,21,24). The summed E-state index contributed by atoms with van der Waals surface area (Å²) in [4.78, 5) is 24.2. The van der Waals surface area contributed by atoms with E-state index in [0.29, 0.717) is 10.7 Å². The summed E-state index contributed by atoms with van der Waals surface area (Å²) in [5.74, 6) is -0.335. The molecule has 26 heavy (non-hydrogen) atoms. The third-order valence-corrected chi connectivity index (χ3v) is 4.02. The maximum atomic E-state index is 12.2. The summed E-state index contributed by atoms with van der Waals surface area (Å²) in [6.07, 6.45) is 0.176. The summed E-state index contributed by atoms with van der Waals surface area (Å²) in [5, 5.41) is 13.3. The minimum Gasteiger partial charge on any atom is -0.507 e. The van der Waals surface area contributed by atoms with Gasteiger partial charge >= 0.3 is 0 Å². The summed E-state index contributed by atoms with van der Waals surface area (Å²) >= 11 is 5.87. The van der Waals surface area contributed by atoms with Crippen LogP contribution in [0.2, 0.25) is 5.02 Å². The molecule has 2 N–H and O–H groups in total. The number of halogens is 1. The van der Waals surface area contributed by atoms with E-state index in [1.807, 2.05) is 0 Å². The summed E-state index contributed by atoms with van der Waals surface area (Å²) in [5.41, 5.74) is 0.0224. The number of anilines is 1. The van der Waals surface area contributed by atoms with Gasteiger partial charge in [-0.1, -0.05) is 17.7 Å². The molecule has 0 saturated heterocycles. The van der Waals surface area contributed by atoms with E-state index in [9.17, 15) is 14.7 Å². The summed E-state index contributed by atoms with van der Waals surface area (Å²) in [7, 11) is 0. The van der Waals surface area contributed by atoms with Crippen molar-refractivity contribution in [3.05, 3.63) is 47.0 Å². The average Bonchev–Trinajstić information content (AvgIpc) is 2.51. The first kappa shape index (κ1) is 18.1. The first-order valence-corrected chi connectivity index (χ1v) is 8.39. The van der Waals surface area contributed by atoms with E-state index in [1.54, 1.807) is 38.1 Å². The maximum absolute atomic E-state index is 12.2. The molecule has 0 aromatic heterocycles. The maximum Gasteiger partial charge on any atom is 0.262 e. The molecule has 0 radical (unpaired) electrons. The van der Waals surface area contributed by atoms with E-state index in [1.165, 1.54) is 12.1 Å². The number of hydrogen-bond acceptors (Lipinski definition) is 5. The van der Waals surface area contributed by atoms with Crippen LogP contribution in [0.4, 0.5) is 5.69 Å². The summed E-state index contributed by atoms with van der Waals surface area (Å²) in [6.45, 7) is 3.30. The molecule has 0 saturated carbocycles. The zero-order chi connectivity index (χ0) is 18.9. The Hall–Kier alpha value is -2.73. The number of phenols is 1. The van der Waals surface area contributed by atoms with Gasteiger partial charge in [-0.3, -0.25) is 9.59 Å². The van der Waals surface area contributed by atoms with E-state index >= 15 is 0 Å². The predicted molar refractivity (Wildman–Crippen MR) is 97.3 cm³/mol. The molecule has 0 fully saturated rings. The number of nitrogens with one attached hydrogen (secondary N) is 1. The monoisotopic (exact) mass is 375 g/mol. The highest BCUT2D eigenvalue weighted by molar-refractivity contribution is 6.30. The molecule has 3 rings (SSSR count).